The number of hydrogen-bond donors (Lipinski definition) is 0. The highest BCUT2D eigenvalue weighted by molar-refractivity contribution is 7.74. The van der Waals surface area contributed by atoms with Crippen molar-refractivity contribution >= 4 is 12.7 Å². The van der Waals surface area contributed by atoms with Crippen LogP contribution in [0, 0.1) is 0 Å². The maximum absolute atomic E-state index is 2.59. The fraction of sp³-hybridized carbons (Fsp3) is 0.889. The molecule has 0 bridgehead atoms. The van der Waals surface area contributed by atoms with Gasteiger partial charge in [-0.05, 0) is 24.9 Å². The Kier molecular flexibility index (Phi) is 5.17. The third kappa shape index (κ3) is 2.50. The van der Waals surface area contributed by atoms with Crippen LogP contribution < -0.4 is 0 Å². The fourth-order valence-corrected chi connectivity index (χ4v) is 4.34. The van der Waals surface area contributed by atoms with Gasteiger partial charge in [-0.15, -0.1) is 6.89 Å². The highest BCUT2D eigenvalue weighted by Crippen LogP contribution is 2.45. The molecular formula is C9H21P. The molecule has 0 fully saturated rings. The Morgan fingerprint density at radius 1 is 0.900 bits per heavy atom. The van der Waals surface area contributed by atoms with Crippen LogP contribution in [0.25, 0.3) is 0 Å². The highest BCUT2D eigenvalue weighted by Gasteiger charge is 2.07. The molecule has 0 aliphatic carbocycles. The second-order valence-corrected chi connectivity index (χ2v) is 7.46. The van der Waals surface area contributed by atoms with Crippen molar-refractivity contribution < 1.29 is 0 Å². The van der Waals surface area contributed by atoms with Crippen molar-refractivity contribution in [3.8, 4) is 0 Å². The van der Waals surface area contributed by atoms with E-state index in [1.807, 2.05) is 0 Å². The van der Waals surface area contributed by atoms with E-state index in [0.717, 1.165) is 0 Å². The minimum absolute atomic E-state index is 0.564. The van der Waals surface area contributed by atoms with Gasteiger partial charge >= 0.3 is 0 Å². The molecule has 0 amide bonds. The second-order valence-electron chi connectivity index (χ2n) is 2.76. The lowest BCUT2D eigenvalue weighted by Gasteiger charge is -2.20. The molecule has 0 atom stereocenters. The first-order chi connectivity index (χ1) is 4.74. The van der Waals surface area contributed by atoms with Gasteiger partial charge in [-0.1, -0.05) is 33.5 Å². The smallest absolute Gasteiger partial charge is 0.0359 e. The van der Waals surface area contributed by atoms with Gasteiger partial charge in [-0.3, -0.25) is 0 Å². The molecule has 62 valence electrons. The van der Waals surface area contributed by atoms with Crippen LogP contribution in [0.1, 0.15) is 34.1 Å². The first-order valence-electron chi connectivity index (χ1n) is 4.44. The molecule has 0 aliphatic rings. The lowest BCUT2D eigenvalue weighted by molar-refractivity contribution is 1.31. The van der Waals surface area contributed by atoms with E-state index in [4.69, 9.17) is 0 Å². The maximum atomic E-state index is 2.59. The van der Waals surface area contributed by atoms with Gasteiger partial charge < -0.3 is 0 Å². The minimum atomic E-state index is -0.564. The summed E-state index contributed by atoms with van der Waals surface area (Å²) in [6, 6.07) is 0. The Morgan fingerprint density at radius 2 is 1.30 bits per heavy atom. The third-order valence-electron chi connectivity index (χ3n) is 2.46. The second kappa shape index (κ2) is 5.02. The zero-order chi connectivity index (χ0) is 8.04. The monoisotopic (exact) mass is 160 g/mol. The largest absolute Gasteiger partial charge is 0.110 e. The van der Waals surface area contributed by atoms with Gasteiger partial charge in [-0.2, -0.15) is 0 Å². The topological polar surface area (TPSA) is 0 Å². The maximum Gasteiger partial charge on any atom is -0.0359 e. The van der Waals surface area contributed by atoms with Crippen LogP contribution in [0.4, 0.5) is 0 Å². The summed E-state index contributed by atoms with van der Waals surface area (Å²) in [4.78, 5) is 0. The van der Waals surface area contributed by atoms with Gasteiger partial charge in [0.25, 0.3) is 0 Å². The molecule has 10 heavy (non-hydrogen) atoms. The summed E-state index contributed by atoms with van der Waals surface area (Å²) < 4.78 is 0. The van der Waals surface area contributed by atoms with Crippen molar-refractivity contribution in [1.82, 2.24) is 0 Å². The van der Waals surface area contributed by atoms with Crippen molar-refractivity contribution in [1.29, 1.82) is 0 Å². The van der Waals surface area contributed by atoms with Gasteiger partial charge in [0.05, 0.1) is 0 Å². The van der Waals surface area contributed by atoms with Crippen LogP contribution in [0.15, 0.2) is 0 Å². The predicted octanol–water partition coefficient (Wildman–Crippen LogP) is 3.28. The zero-order valence-electron chi connectivity index (χ0n) is 7.85. The Labute approximate surface area is 66.0 Å². The molecule has 0 aliphatic heterocycles. The van der Waals surface area contributed by atoms with Crippen LogP contribution in [-0.4, -0.2) is 24.3 Å². The molecule has 0 saturated heterocycles. The Hall–Kier alpha value is 0.300. The molecule has 0 aromatic carbocycles. The average molecular weight is 160 g/mol. The molecule has 0 nitrogen and oxygen atoms in total. The van der Waals surface area contributed by atoms with Crippen molar-refractivity contribution in [3.05, 3.63) is 0 Å². The van der Waals surface area contributed by atoms with E-state index in [1.54, 1.807) is 0 Å². The van der Waals surface area contributed by atoms with Crippen molar-refractivity contribution in [3.63, 3.8) is 0 Å². The van der Waals surface area contributed by atoms with E-state index in [9.17, 15) is 0 Å². The minimum Gasteiger partial charge on any atom is -0.110 e. The van der Waals surface area contributed by atoms with E-state index in [1.165, 1.54) is 24.9 Å². The molecule has 0 heterocycles. The Morgan fingerprint density at radius 3 is 1.40 bits per heavy atom. The normalized spacial score (nSPS) is 11.6. The van der Waals surface area contributed by atoms with Crippen LogP contribution in [0.2, 0.25) is 0 Å². The number of hydrogen-bond acceptors (Lipinski definition) is 0. The fourth-order valence-electron chi connectivity index (χ4n) is 1.45. The van der Waals surface area contributed by atoms with Crippen LogP contribution in [0.5, 0.6) is 0 Å². The predicted molar refractivity (Wildman–Crippen MR) is 54.9 cm³/mol. The summed E-state index contributed by atoms with van der Waals surface area (Å²) in [6.07, 6.45) is 5.50. The third-order valence-corrected chi connectivity index (χ3v) is 7.38. The molecule has 0 radical (unpaired) electrons. The van der Waals surface area contributed by atoms with Gasteiger partial charge in [-0.25, -0.2) is 0 Å². The lowest BCUT2D eigenvalue weighted by atomic mass is 10.6. The van der Waals surface area contributed by atoms with Crippen molar-refractivity contribution in [2.75, 3.05) is 18.5 Å². The SMILES string of the molecule is CCC=P(CC)(CC)CC. The van der Waals surface area contributed by atoms with E-state index in [-0.39, 0.29) is 0 Å². The molecule has 0 rings (SSSR count). The molecular weight excluding hydrogens is 139 g/mol. The quantitative estimate of drug-likeness (QED) is 0.554. The Balaban J connectivity index is 4.30. The standard InChI is InChI=1S/C9H21P/c1-5-9-10(6-2,7-3)8-4/h9H,5-8H2,1-4H3. The molecule has 0 aromatic heterocycles. The van der Waals surface area contributed by atoms with E-state index >= 15 is 0 Å². The van der Waals surface area contributed by atoms with E-state index < -0.39 is 6.89 Å². The highest BCUT2D eigenvalue weighted by atomic mass is 31.2. The van der Waals surface area contributed by atoms with Gasteiger partial charge in [0.2, 0.25) is 0 Å². The average Bonchev–Trinajstić information content (AvgIpc) is 2.01. The molecule has 0 spiro atoms. The van der Waals surface area contributed by atoms with E-state index in [2.05, 4.69) is 33.5 Å². The zero-order valence-corrected chi connectivity index (χ0v) is 8.75. The summed E-state index contributed by atoms with van der Waals surface area (Å²) in [6.45, 7) is 8.72. The van der Waals surface area contributed by atoms with Crippen molar-refractivity contribution in [2.24, 2.45) is 0 Å². The summed E-state index contributed by atoms with van der Waals surface area (Å²) in [5.41, 5.74) is 0. The molecule has 0 saturated carbocycles. The molecule has 0 aromatic rings. The number of rotatable bonds is 4. The summed E-state index contributed by atoms with van der Waals surface area (Å²) in [5, 5.41) is 0. The molecule has 0 N–H and O–H groups in total. The summed E-state index contributed by atoms with van der Waals surface area (Å²) in [7, 11) is 0. The van der Waals surface area contributed by atoms with Crippen molar-refractivity contribution in [2.45, 2.75) is 34.1 Å². The first-order valence-corrected chi connectivity index (χ1v) is 6.86. The van der Waals surface area contributed by atoms with Gasteiger partial charge in [0, 0.05) is 0 Å². The summed E-state index contributed by atoms with van der Waals surface area (Å²) >= 11 is 0. The first kappa shape index (κ1) is 10.3. The van der Waals surface area contributed by atoms with Crippen LogP contribution >= 0.6 is 6.89 Å². The Bertz CT molecular complexity index is 106. The van der Waals surface area contributed by atoms with Gasteiger partial charge in [0.1, 0.15) is 0 Å². The van der Waals surface area contributed by atoms with Crippen LogP contribution in [-0.2, 0) is 0 Å². The van der Waals surface area contributed by atoms with Gasteiger partial charge in [0.15, 0.2) is 0 Å². The summed E-state index contributed by atoms with van der Waals surface area (Å²) in [5.74, 6) is 2.59. The molecule has 1 heteroatoms. The lowest BCUT2D eigenvalue weighted by Crippen LogP contribution is -1.96. The molecule has 0 unspecified atom stereocenters. The van der Waals surface area contributed by atoms with E-state index in [0.29, 0.717) is 0 Å². The van der Waals surface area contributed by atoms with Crippen LogP contribution in [0.3, 0.4) is 0 Å².